The predicted octanol–water partition coefficient (Wildman–Crippen LogP) is 11.2. The Kier molecular flexibility index (Phi) is 8.59. The van der Waals surface area contributed by atoms with Crippen molar-refractivity contribution in [3.8, 4) is 56.4 Å². The summed E-state index contributed by atoms with van der Waals surface area (Å²) in [7, 11) is -0.465. The van der Waals surface area contributed by atoms with E-state index in [0.717, 1.165) is 38.8 Å². The summed E-state index contributed by atoms with van der Waals surface area (Å²) in [5.41, 5.74) is 11.7. The zero-order valence-electron chi connectivity index (χ0n) is 33.1. The molecule has 1 aliphatic heterocycles. The molecule has 58 heavy (non-hydrogen) atoms. The van der Waals surface area contributed by atoms with Crippen LogP contribution in [0.1, 0.15) is 49.9 Å². The van der Waals surface area contributed by atoms with Gasteiger partial charge in [-0.2, -0.15) is 0 Å². The Labute approximate surface area is 340 Å². The summed E-state index contributed by atoms with van der Waals surface area (Å²) >= 11 is 0. The molecule has 0 amide bonds. The fourth-order valence-electron chi connectivity index (χ4n) is 8.64. The van der Waals surface area contributed by atoms with E-state index < -0.39 is 23.7 Å². The second-order valence-corrected chi connectivity index (χ2v) is 16.2. The van der Waals surface area contributed by atoms with Crippen molar-refractivity contribution in [1.29, 1.82) is 0 Å². The molecule has 280 valence electrons. The molecule has 2 aliphatic rings. The molecule has 0 saturated carbocycles. The van der Waals surface area contributed by atoms with E-state index in [0.29, 0.717) is 17.5 Å². The molecule has 1 fully saturated rings. The quantitative estimate of drug-likeness (QED) is 0.152. The number of aromatic nitrogens is 3. The zero-order valence-corrected chi connectivity index (χ0v) is 33.1. The van der Waals surface area contributed by atoms with Crippen molar-refractivity contribution >= 4 is 12.6 Å². The van der Waals surface area contributed by atoms with Crippen LogP contribution in [0.2, 0.25) is 0 Å². The summed E-state index contributed by atoms with van der Waals surface area (Å²) < 4.78 is 12.8. The lowest BCUT2D eigenvalue weighted by molar-refractivity contribution is 0.00578. The third-order valence-corrected chi connectivity index (χ3v) is 12.3. The molecule has 1 aliphatic carbocycles. The molecule has 0 spiro atoms. The Bertz CT molecular complexity index is 2720. The van der Waals surface area contributed by atoms with Crippen molar-refractivity contribution in [2.24, 2.45) is 0 Å². The van der Waals surface area contributed by atoms with Gasteiger partial charge >= 0.3 is 7.12 Å². The van der Waals surface area contributed by atoms with Crippen LogP contribution in [0.25, 0.3) is 56.4 Å². The molecule has 1 aromatic heterocycles. The highest BCUT2D eigenvalue weighted by Gasteiger charge is 2.52. The molecule has 6 heteroatoms. The second-order valence-electron chi connectivity index (χ2n) is 16.2. The first-order valence-electron chi connectivity index (χ1n) is 20.0. The van der Waals surface area contributed by atoms with E-state index in [1.165, 1.54) is 27.8 Å². The summed E-state index contributed by atoms with van der Waals surface area (Å²) in [6, 6.07) is 64.2. The molecule has 0 atom stereocenters. The number of fused-ring (bicyclic) bond motifs is 3. The highest BCUT2D eigenvalue weighted by Crippen LogP contribution is 2.58. The van der Waals surface area contributed by atoms with Gasteiger partial charge in [0.2, 0.25) is 0 Å². The molecule has 0 unspecified atom stereocenters. The SMILES string of the molecule is CC1(C)OB(c2ccc(-c3nc(-c4ccc(-c5ccccc5)cc4)nc(-c4cccc5c4-c4ccccc4C5(c4ccccc4)c4ccccc4)n3)cc2)OC1(C)C. The van der Waals surface area contributed by atoms with Crippen LogP contribution in [0, 0.1) is 0 Å². The average molecular weight is 752 g/mol. The lowest BCUT2D eigenvalue weighted by Gasteiger charge is -2.33. The normalized spacial score (nSPS) is 15.8. The van der Waals surface area contributed by atoms with Crippen LogP contribution in [0.4, 0.5) is 0 Å². The van der Waals surface area contributed by atoms with Crippen LogP contribution in [-0.4, -0.2) is 33.3 Å². The van der Waals surface area contributed by atoms with Crippen molar-refractivity contribution in [2.45, 2.75) is 44.3 Å². The van der Waals surface area contributed by atoms with Crippen LogP contribution >= 0.6 is 0 Å². The molecule has 10 rings (SSSR count). The Balaban J connectivity index is 1.16. The number of hydrogen-bond acceptors (Lipinski definition) is 5. The Hall–Kier alpha value is -6.47. The number of rotatable bonds is 7. The van der Waals surface area contributed by atoms with Gasteiger partial charge in [-0.15, -0.1) is 0 Å². The Morgan fingerprint density at radius 3 is 1.40 bits per heavy atom. The average Bonchev–Trinajstić information content (AvgIpc) is 3.70. The standard InChI is InChI=1S/C52H42BN3O2/c1-50(2)51(3,4)58-53(57-50)41-33-31-38(32-34-41)48-54-47(37-29-27-36(28-30-37)35-17-8-5-9-18-35)55-49(56-48)43-24-16-26-45-46(43)42-23-14-15-25-44(42)52(45,39-19-10-6-11-20-39)40-21-12-7-13-22-40/h5-34H,1-4H3. The largest absolute Gasteiger partial charge is 0.494 e. The summed E-state index contributed by atoms with van der Waals surface area (Å²) in [6.07, 6.45) is 0. The van der Waals surface area contributed by atoms with Gasteiger partial charge < -0.3 is 9.31 Å². The van der Waals surface area contributed by atoms with E-state index in [9.17, 15) is 0 Å². The van der Waals surface area contributed by atoms with E-state index in [4.69, 9.17) is 24.3 Å². The predicted molar refractivity (Wildman–Crippen MR) is 235 cm³/mol. The molecule has 2 heterocycles. The van der Waals surface area contributed by atoms with E-state index in [2.05, 4.69) is 204 Å². The van der Waals surface area contributed by atoms with E-state index >= 15 is 0 Å². The third-order valence-electron chi connectivity index (χ3n) is 12.3. The summed E-state index contributed by atoms with van der Waals surface area (Å²) in [5.74, 6) is 1.82. The molecule has 1 saturated heterocycles. The zero-order chi connectivity index (χ0) is 39.5. The Morgan fingerprint density at radius 2 is 0.810 bits per heavy atom. The summed E-state index contributed by atoms with van der Waals surface area (Å²) in [4.78, 5) is 15.7. The van der Waals surface area contributed by atoms with Crippen molar-refractivity contribution in [3.63, 3.8) is 0 Å². The molecule has 0 radical (unpaired) electrons. The molecule has 7 aromatic carbocycles. The highest BCUT2D eigenvalue weighted by atomic mass is 16.7. The van der Waals surface area contributed by atoms with Crippen LogP contribution in [0.5, 0.6) is 0 Å². The van der Waals surface area contributed by atoms with Gasteiger partial charge in [-0.3, -0.25) is 0 Å². The molecule has 0 bridgehead atoms. The van der Waals surface area contributed by atoms with Crippen LogP contribution in [0.15, 0.2) is 182 Å². The second kappa shape index (κ2) is 13.9. The minimum atomic E-state index is -0.542. The number of benzene rings is 7. The molecular weight excluding hydrogens is 709 g/mol. The fraction of sp³-hybridized carbons (Fsp3) is 0.135. The maximum Gasteiger partial charge on any atom is 0.494 e. The first-order valence-corrected chi connectivity index (χ1v) is 20.0. The highest BCUT2D eigenvalue weighted by molar-refractivity contribution is 6.62. The summed E-state index contributed by atoms with van der Waals surface area (Å²) in [5, 5.41) is 0. The fourth-order valence-corrected chi connectivity index (χ4v) is 8.64. The first-order chi connectivity index (χ1) is 28.2. The maximum atomic E-state index is 6.38. The first kappa shape index (κ1) is 35.9. The smallest absolute Gasteiger partial charge is 0.399 e. The molecule has 5 nitrogen and oxygen atoms in total. The lowest BCUT2D eigenvalue weighted by Crippen LogP contribution is -2.41. The van der Waals surface area contributed by atoms with Gasteiger partial charge in [0.1, 0.15) is 0 Å². The Morgan fingerprint density at radius 1 is 0.379 bits per heavy atom. The van der Waals surface area contributed by atoms with Crippen LogP contribution in [-0.2, 0) is 14.7 Å². The van der Waals surface area contributed by atoms with Gasteiger partial charge in [0.25, 0.3) is 0 Å². The van der Waals surface area contributed by atoms with Gasteiger partial charge in [-0.25, -0.2) is 15.0 Å². The van der Waals surface area contributed by atoms with Gasteiger partial charge in [-0.1, -0.05) is 182 Å². The van der Waals surface area contributed by atoms with Crippen molar-refractivity contribution in [3.05, 3.63) is 204 Å². The van der Waals surface area contributed by atoms with Gasteiger partial charge in [0, 0.05) is 16.7 Å². The molecule has 8 aromatic rings. The number of nitrogens with zero attached hydrogens (tertiary/aromatic N) is 3. The van der Waals surface area contributed by atoms with E-state index in [-0.39, 0.29) is 0 Å². The van der Waals surface area contributed by atoms with Crippen molar-refractivity contribution in [2.75, 3.05) is 0 Å². The minimum absolute atomic E-state index is 0.433. The third kappa shape index (κ3) is 5.82. The van der Waals surface area contributed by atoms with Gasteiger partial charge in [-0.05, 0) is 77.7 Å². The lowest BCUT2D eigenvalue weighted by atomic mass is 9.67. The van der Waals surface area contributed by atoms with E-state index in [1.807, 2.05) is 6.07 Å². The van der Waals surface area contributed by atoms with Crippen molar-refractivity contribution in [1.82, 2.24) is 15.0 Å². The molecule has 0 N–H and O–H groups in total. The monoisotopic (exact) mass is 751 g/mol. The number of hydrogen-bond donors (Lipinski definition) is 0. The minimum Gasteiger partial charge on any atom is -0.399 e. The van der Waals surface area contributed by atoms with Gasteiger partial charge in [0.15, 0.2) is 17.5 Å². The summed E-state index contributed by atoms with van der Waals surface area (Å²) in [6.45, 7) is 8.29. The van der Waals surface area contributed by atoms with Gasteiger partial charge in [0.05, 0.1) is 16.6 Å². The maximum absolute atomic E-state index is 6.38. The van der Waals surface area contributed by atoms with Crippen molar-refractivity contribution < 1.29 is 9.31 Å². The van der Waals surface area contributed by atoms with Crippen LogP contribution < -0.4 is 5.46 Å². The topological polar surface area (TPSA) is 57.1 Å². The van der Waals surface area contributed by atoms with E-state index in [1.54, 1.807) is 0 Å². The van der Waals surface area contributed by atoms with Crippen LogP contribution in [0.3, 0.4) is 0 Å². The molecular formula is C52H42BN3O2.